The summed E-state index contributed by atoms with van der Waals surface area (Å²) in [7, 11) is 0. The molecule has 3 heteroatoms. The first kappa shape index (κ1) is 12.8. The van der Waals surface area contributed by atoms with E-state index in [0.29, 0.717) is 19.3 Å². The van der Waals surface area contributed by atoms with Crippen molar-refractivity contribution in [2.75, 3.05) is 0 Å². The number of para-hydroxylation sites is 1. The summed E-state index contributed by atoms with van der Waals surface area (Å²) in [5.41, 5.74) is 1.53. The number of hydrogen-bond acceptors (Lipinski definition) is 2. The van der Waals surface area contributed by atoms with Gasteiger partial charge in [-0.25, -0.2) is 0 Å². The molecule has 2 atom stereocenters. The summed E-state index contributed by atoms with van der Waals surface area (Å²) in [6.07, 6.45) is 4.85. The third-order valence-corrected chi connectivity index (χ3v) is 5.41. The van der Waals surface area contributed by atoms with Gasteiger partial charge in [-0.2, -0.15) is 0 Å². The molecule has 0 spiro atoms. The first-order valence-electron chi connectivity index (χ1n) is 7.77. The van der Waals surface area contributed by atoms with Crippen molar-refractivity contribution in [3.63, 3.8) is 0 Å². The molecule has 2 heterocycles. The van der Waals surface area contributed by atoms with E-state index in [0.717, 1.165) is 18.5 Å². The van der Waals surface area contributed by atoms with E-state index in [2.05, 4.69) is 29.0 Å². The highest BCUT2D eigenvalue weighted by atomic mass is 16.2. The van der Waals surface area contributed by atoms with Gasteiger partial charge in [0.25, 0.3) is 0 Å². The van der Waals surface area contributed by atoms with E-state index in [1.165, 1.54) is 10.9 Å². The highest BCUT2D eigenvalue weighted by Gasteiger charge is 2.47. The number of fused-ring (bicyclic) bond motifs is 3. The fourth-order valence-corrected chi connectivity index (χ4v) is 4.13. The summed E-state index contributed by atoms with van der Waals surface area (Å²) in [6.45, 7) is 2.74. The number of carbonyl (C=O) groups is 2. The lowest BCUT2D eigenvalue weighted by molar-refractivity contribution is -0.144. The number of carbonyl (C=O) groups excluding carboxylic acids is 2. The minimum absolute atomic E-state index is 0.122. The summed E-state index contributed by atoms with van der Waals surface area (Å²) in [4.78, 5) is 25.3. The third kappa shape index (κ3) is 1.66. The second kappa shape index (κ2) is 4.30. The minimum atomic E-state index is -0.769. The first-order chi connectivity index (χ1) is 10.1. The number of nitrogens with zero attached hydrogens (tertiary/aromatic N) is 1. The second-order valence-electron chi connectivity index (χ2n) is 6.61. The molecule has 0 unspecified atom stereocenters. The van der Waals surface area contributed by atoms with Gasteiger partial charge < -0.3 is 4.57 Å². The quantitative estimate of drug-likeness (QED) is 0.694. The number of aryl methyl sites for hydroxylation is 1. The molecule has 1 aliphatic carbocycles. The van der Waals surface area contributed by atoms with E-state index < -0.39 is 5.41 Å². The number of ketones is 2. The van der Waals surface area contributed by atoms with Gasteiger partial charge in [-0.15, -0.1) is 0 Å². The van der Waals surface area contributed by atoms with Crippen LogP contribution in [-0.2, 0) is 16.1 Å². The Bertz CT molecular complexity index is 758. The Morgan fingerprint density at radius 2 is 2.10 bits per heavy atom. The highest BCUT2D eigenvalue weighted by Crippen LogP contribution is 2.44. The maximum absolute atomic E-state index is 13.0. The second-order valence-corrected chi connectivity index (χ2v) is 6.61. The van der Waals surface area contributed by atoms with Crippen molar-refractivity contribution in [1.82, 2.24) is 4.57 Å². The van der Waals surface area contributed by atoms with Crippen molar-refractivity contribution in [3.05, 3.63) is 36.0 Å². The molecule has 2 bridgehead atoms. The van der Waals surface area contributed by atoms with Crippen LogP contribution < -0.4 is 0 Å². The van der Waals surface area contributed by atoms with Crippen molar-refractivity contribution < 1.29 is 9.59 Å². The van der Waals surface area contributed by atoms with Gasteiger partial charge in [0.15, 0.2) is 5.78 Å². The van der Waals surface area contributed by atoms with Gasteiger partial charge in [-0.1, -0.05) is 18.2 Å². The van der Waals surface area contributed by atoms with Crippen LogP contribution in [0.1, 0.15) is 44.1 Å². The number of Topliss-reactive ketones (excluding diaryl/α,β-unsaturated/α-hetero) is 2. The van der Waals surface area contributed by atoms with Gasteiger partial charge in [0.2, 0.25) is 0 Å². The molecule has 2 aromatic rings. The summed E-state index contributed by atoms with van der Waals surface area (Å²) in [5.74, 6) is 0.159. The number of benzene rings is 1. The van der Waals surface area contributed by atoms with Crippen molar-refractivity contribution in [1.29, 1.82) is 0 Å². The Morgan fingerprint density at radius 1 is 1.24 bits per heavy atom. The van der Waals surface area contributed by atoms with Crippen LogP contribution in [0.5, 0.6) is 0 Å². The molecule has 108 valence electrons. The smallest absolute Gasteiger partial charge is 0.153 e. The maximum Gasteiger partial charge on any atom is 0.153 e. The Kier molecular flexibility index (Phi) is 2.62. The van der Waals surface area contributed by atoms with E-state index in [-0.39, 0.29) is 17.5 Å². The molecule has 0 radical (unpaired) electrons. The molecule has 1 aliphatic heterocycles. The normalized spacial score (nSPS) is 29.1. The SMILES string of the molecule is C[C@]12CCCn3ccc4cccc(c43)[C@H](CCC1=O)C2=O. The fourth-order valence-electron chi connectivity index (χ4n) is 4.13. The molecular weight excluding hydrogens is 262 g/mol. The molecule has 2 aliphatic rings. The highest BCUT2D eigenvalue weighted by molar-refractivity contribution is 6.12. The third-order valence-electron chi connectivity index (χ3n) is 5.41. The molecule has 4 rings (SSSR count). The zero-order valence-corrected chi connectivity index (χ0v) is 12.3. The molecule has 1 aromatic carbocycles. The first-order valence-corrected chi connectivity index (χ1v) is 7.77. The van der Waals surface area contributed by atoms with Crippen molar-refractivity contribution in [2.45, 2.75) is 45.1 Å². The molecular formula is C18H19NO2. The summed E-state index contributed by atoms with van der Waals surface area (Å²) in [6, 6.07) is 8.33. The van der Waals surface area contributed by atoms with Crippen LogP contribution in [0.25, 0.3) is 10.9 Å². The van der Waals surface area contributed by atoms with Gasteiger partial charge in [0.05, 0.1) is 10.9 Å². The Labute approximate surface area is 123 Å². The zero-order chi connectivity index (χ0) is 14.6. The van der Waals surface area contributed by atoms with E-state index in [9.17, 15) is 9.59 Å². The van der Waals surface area contributed by atoms with Crippen LogP contribution in [0.3, 0.4) is 0 Å². The molecule has 0 N–H and O–H groups in total. The van der Waals surface area contributed by atoms with Crippen molar-refractivity contribution in [3.8, 4) is 0 Å². The van der Waals surface area contributed by atoms with Crippen LogP contribution in [0.4, 0.5) is 0 Å². The molecule has 0 saturated heterocycles. The Hall–Kier alpha value is -1.90. The molecule has 0 amide bonds. The largest absolute Gasteiger partial charge is 0.347 e. The molecule has 1 aromatic heterocycles. The Morgan fingerprint density at radius 3 is 2.95 bits per heavy atom. The van der Waals surface area contributed by atoms with E-state index >= 15 is 0 Å². The lowest BCUT2D eigenvalue weighted by Crippen LogP contribution is -2.43. The number of aromatic nitrogens is 1. The molecule has 3 nitrogen and oxygen atoms in total. The van der Waals surface area contributed by atoms with Crippen LogP contribution in [-0.4, -0.2) is 16.1 Å². The van der Waals surface area contributed by atoms with E-state index in [4.69, 9.17) is 0 Å². The summed E-state index contributed by atoms with van der Waals surface area (Å²) >= 11 is 0. The number of hydrogen-bond donors (Lipinski definition) is 0. The van der Waals surface area contributed by atoms with Crippen LogP contribution in [0.15, 0.2) is 30.5 Å². The lowest BCUT2D eigenvalue weighted by atomic mass is 9.65. The van der Waals surface area contributed by atoms with E-state index in [1.807, 2.05) is 13.0 Å². The van der Waals surface area contributed by atoms with Gasteiger partial charge >= 0.3 is 0 Å². The van der Waals surface area contributed by atoms with E-state index in [1.54, 1.807) is 0 Å². The minimum Gasteiger partial charge on any atom is -0.347 e. The van der Waals surface area contributed by atoms with Gasteiger partial charge in [0.1, 0.15) is 5.78 Å². The average Bonchev–Trinajstić information content (AvgIpc) is 2.89. The maximum atomic E-state index is 13.0. The van der Waals surface area contributed by atoms with Crippen LogP contribution in [0, 0.1) is 5.41 Å². The van der Waals surface area contributed by atoms with Gasteiger partial charge in [-0.3, -0.25) is 9.59 Å². The fraction of sp³-hybridized carbons (Fsp3) is 0.444. The molecule has 21 heavy (non-hydrogen) atoms. The molecule has 1 fully saturated rings. The summed E-state index contributed by atoms with van der Waals surface area (Å²) in [5, 5.41) is 1.20. The standard InChI is InChI=1S/C18H19NO2/c1-18-9-3-10-19-11-8-12-4-2-5-13(16(12)19)14(17(18)21)6-7-15(18)20/h2,4-5,8,11,14H,3,6-7,9-10H2,1H3/t14-,18-/m0/s1. The topological polar surface area (TPSA) is 39.1 Å². The average molecular weight is 281 g/mol. The Balaban J connectivity index is 1.97. The predicted octanol–water partition coefficient (Wildman–Crippen LogP) is 3.46. The van der Waals surface area contributed by atoms with Gasteiger partial charge in [0, 0.05) is 25.1 Å². The monoisotopic (exact) mass is 281 g/mol. The van der Waals surface area contributed by atoms with Gasteiger partial charge in [-0.05, 0) is 43.2 Å². The predicted molar refractivity (Wildman–Crippen MR) is 81.3 cm³/mol. The number of rotatable bonds is 0. The summed E-state index contributed by atoms with van der Waals surface area (Å²) < 4.78 is 2.26. The van der Waals surface area contributed by atoms with Crippen molar-refractivity contribution in [2.24, 2.45) is 5.41 Å². The van der Waals surface area contributed by atoms with Crippen LogP contribution in [0.2, 0.25) is 0 Å². The molecule has 1 saturated carbocycles. The zero-order valence-electron chi connectivity index (χ0n) is 12.3. The van der Waals surface area contributed by atoms with Crippen molar-refractivity contribution >= 4 is 22.5 Å². The lowest BCUT2D eigenvalue weighted by Gasteiger charge is -2.35. The van der Waals surface area contributed by atoms with Crippen LogP contribution >= 0.6 is 0 Å².